The highest BCUT2D eigenvalue weighted by Gasteiger charge is 2.19. The number of ether oxygens (including phenoxy) is 2. The fourth-order valence-corrected chi connectivity index (χ4v) is 1.39. The predicted octanol–water partition coefficient (Wildman–Crippen LogP) is 2.80. The number of aromatic nitrogens is 1. The first-order valence-corrected chi connectivity index (χ1v) is 4.46. The number of pyridine rings is 1. The average Bonchev–Trinajstić information content (AvgIpc) is 2.16. The van der Waals surface area contributed by atoms with Gasteiger partial charge in [-0.2, -0.15) is 0 Å². The number of hydrogen-bond donors (Lipinski definition) is 0. The smallest absolute Gasteiger partial charge is 0.284 e. The number of hydrogen-bond acceptors (Lipinski definition) is 3. The van der Waals surface area contributed by atoms with Gasteiger partial charge in [0, 0.05) is 6.07 Å². The molecule has 0 amide bonds. The van der Waals surface area contributed by atoms with E-state index in [1.165, 1.54) is 20.3 Å². The molecule has 1 rings (SSSR count). The summed E-state index contributed by atoms with van der Waals surface area (Å²) in [6, 6.07) is 1.40. The van der Waals surface area contributed by atoms with E-state index in [2.05, 4.69) is 20.9 Å². The van der Waals surface area contributed by atoms with E-state index in [-0.39, 0.29) is 11.6 Å². The molecule has 6 heteroatoms. The fraction of sp³-hybridized carbons (Fsp3) is 0.375. The molecule has 0 aliphatic heterocycles. The molecule has 0 radical (unpaired) electrons. The van der Waals surface area contributed by atoms with Crippen molar-refractivity contribution < 1.29 is 18.3 Å². The second-order valence-corrected chi connectivity index (χ2v) is 3.22. The number of nitrogens with zero attached hydrogens (tertiary/aromatic N) is 1. The molecule has 3 nitrogen and oxygen atoms in total. The lowest BCUT2D eigenvalue weighted by atomic mass is 10.3. The number of rotatable bonds is 3. The minimum atomic E-state index is -2.69. The predicted molar refractivity (Wildman–Crippen MR) is 50.0 cm³/mol. The molecule has 1 aromatic heterocycles. The Morgan fingerprint density at radius 2 is 2.00 bits per heavy atom. The number of alkyl halides is 2. The van der Waals surface area contributed by atoms with Crippen LogP contribution in [-0.4, -0.2) is 19.2 Å². The molecule has 1 heterocycles. The van der Waals surface area contributed by atoms with Gasteiger partial charge in [-0.1, -0.05) is 0 Å². The first kappa shape index (κ1) is 11.2. The van der Waals surface area contributed by atoms with Crippen molar-refractivity contribution in [3.8, 4) is 11.6 Å². The van der Waals surface area contributed by atoms with Crippen molar-refractivity contribution in [2.24, 2.45) is 0 Å². The lowest BCUT2D eigenvalue weighted by Gasteiger charge is -2.09. The van der Waals surface area contributed by atoms with Gasteiger partial charge in [-0.3, -0.25) is 0 Å². The molecule has 0 aliphatic carbocycles. The molecule has 1 aromatic rings. The minimum Gasteiger partial charge on any atom is -0.495 e. The maximum absolute atomic E-state index is 12.4. The molecule has 0 fully saturated rings. The first-order valence-electron chi connectivity index (χ1n) is 3.66. The van der Waals surface area contributed by atoms with Gasteiger partial charge >= 0.3 is 0 Å². The molecule has 14 heavy (non-hydrogen) atoms. The van der Waals surface area contributed by atoms with Crippen LogP contribution in [0.1, 0.15) is 12.1 Å². The Balaban J connectivity index is 3.25. The summed E-state index contributed by atoms with van der Waals surface area (Å²) in [6.45, 7) is 0. The Morgan fingerprint density at radius 1 is 1.36 bits per heavy atom. The Labute approximate surface area is 88.2 Å². The highest BCUT2D eigenvalue weighted by molar-refractivity contribution is 9.10. The average molecular weight is 268 g/mol. The maximum atomic E-state index is 12.4. The summed E-state index contributed by atoms with van der Waals surface area (Å²) in [6.07, 6.45) is -2.69. The zero-order chi connectivity index (χ0) is 10.7. The normalized spacial score (nSPS) is 10.4. The second kappa shape index (κ2) is 4.54. The van der Waals surface area contributed by atoms with Crippen LogP contribution in [0.2, 0.25) is 0 Å². The van der Waals surface area contributed by atoms with Crippen molar-refractivity contribution in [1.29, 1.82) is 0 Å². The summed E-state index contributed by atoms with van der Waals surface area (Å²) in [5, 5.41) is 0. The van der Waals surface area contributed by atoms with Crippen LogP contribution < -0.4 is 9.47 Å². The van der Waals surface area contributed by atoms with Crippen LogP contribution in [0.4, 0.5) is 8.78 Å². The summed E-state index contributed by atoms with van der Waals surface area (Å²) >= 11 is 3.12. The van der Waals surface area contributed by atoms with Crippen molar-refractivity contribution in [3.05, 3.63) is 16.2 Å². The molecule has 0 saturated carbocycles. The van der Waals surface area contributed by atoms with Crippen LogP contribution in [-0.2, 0) is 0 Å². The third-order valence-electron chi connectivity index (χ3n) is 1.56. The minimum absolute atomic E-state index is 0.0349. The molecule has 0 aliphatic rings. The lowest BCUT2D eigenvalue weighted by Crippen LogP contribution is -1.99. The quantitative estimate of drug-likeness (QED) is 0.844. The Bertz CT molecular complexity index is 333. The third-order valence-corrected chi connectivity index (χ3v) is 2.12. The van der Waals surface area contributed by atoms with Crippen LogP contribution in [0.3, 0.4) is 0 Å². The standard InChI is InChI=1S/C8H8BrF2NO2/c1-13-5-3-4(9)8(14-2)12-6(5)7(10)11/h3,7H,1-2H3. The van der Waals surface area contributed by atoms with Crippen molar-refractivity contribution in [2.45, 2.75) is 6.43 Å². The largest absolute Gasteiger partial charge is 0.495 e. The highest BCUT2D eigenvalue weighted by atomic mass is 79.9. The summed E-state index contributed by atoms with van der Waals surface area (Å²) in [4.78, 5) is 3.62. The van der Waals surface area contributed by atoms with Crippen molar-refractivity contribution in [2.75, 3.05) is 14.2 Å². The van der Waals surface area contributed by atoms with E-state index in [1.54, 1.807) is 0 Å². The van der Waals surface area contributed by atoms with Gasteiger partial charge in [-0.25, -0.2) is 13.8 Å². The van der Waals surface area contributed by atoms with E-state index in [0.717, 1.165) is 0 Å². The molecule has 0 saturated heterocycles. The van der Waals surface area contributed by atoms with Crippen molar-refractivity contribution in [1.82, 2.24) is 4.98 Å². The van der Waals surface area contributed by atoms with E-state index in [0.29, 0.717) is 4.47 Å². The Hall–Kier alpha value is -0.910. The van der Waals surface area contributed by atoms with E-state index in [4.69, 9.17) is 9.47 Å². The summed E-state index contributed by atoms with van der Waals surface area (Å²) < 4.78 is 34.9. The number of halogens is 3. The van der Waals surface area contributed by atoms with Gasteiger partial charge in [0.1, 0.15) is 5.75 Å². The van der Waals surface area contributed by atoms with Gasteiger partial charge in [0.15, 0.2) is 5.69 Å². The van der Waals surface area contributed by atoms with Crippen molar-refractivity contribution in [3.63, 3.8) is 0 Å². The lowest BCUT2D eigenvalue weighted by molar-refractivity contribution is 0.140. The Morgan fingerprint density at radius 3 is 2.43 bits per heavy atom. The van der Waals surface area contributed by atoms with E-state index in [9.17, 15) is 8.78 Å². The summed E-state index contributed by atoms with van der Waals surface area (Å²) in [5.41, 5.74) is -0.424. The molecular weight excluding hydrogens is 260 g/mol. The molecule has 0 aromatic carbocycles. The van der Waals surface area contributed by atoms with Gasteiger partial charge < -0.3 is 9.47 Å². The van der Waals surface area contributed by atoms with Crippen LogP contribution >= 0.6 is 15.9 Å². The zero-order valence-corrected chi connectivity index (χ0v) is 9.14. The molecule has 0 unspecified atom stereocenters. The SMILES string of the molecule is COc1cc(Br)c(OC)nc1C(F)F. The molecule has 78 valence electrons. The number of methoxy groups -OCH3 is 2. The monoisotopic (exact) mass is 267 g/mol. The van der Waals surface area contributed by atoms with Gasteiger partial charge in [0.25, 0.3) is 6.43 Å². The van der Waals surface area contributed by atoms with Crippen LogP contribution in [0.5, 0.6) is 11.6 Å². The van der Waals surface area contributed by atoms with Crippen molar-refractivity contribution >= 4 is 15.9 Å². The third kappa shape index (κ3) is 2.12. The van der Waals surface area contributed by atoms with Gasteiger partial charge in [-0.05, 0) is 15.9 Å². The first-order chi connectivity index (χ1) is 6.60. The van der Waals surface area contributed by atoms with Gasteiger partial charge in [-0.15, -0.1) is 0 Å². The molecular formula is C8H8BrF2NO2. The van der Waals surface area contributed by atoms with Crippen LogP contribution in [0, 0.1) is 0 Å². The van der Waals surface area contributed by atoms with E-state index >= 15 is 0 Å². The van der Waals surface area contributed by atoms with Crippen LogP contribution in [0.15, 0.2) is 10.5 Å². The molecule has 0 spiro atoms. The maximum Gasteiger partial charge on any atom is 0.284 e. The summed E-state index contributed by atoms with van der Waals surface area (Å²) in [7, 11) is 2.66. The topological polar surface area (TPSA) is 31.4 Å². The zero-order valence-electron chi connectivity index (χ0n) is 7.55. The van der Waals surface area contributed by atoms with E-state index in [1.807, 2.05) is 0 Å². The van der Waals surface area contributed by atoms with Gasteiger partial charge in [0.05, 0.1) is 18.7 Å². The van der Waals surface area contributed by atoms with Gasteiger partial charge in [0.2, 0.25) is 5.88 Å². The highest BCUT2D eigenvalue weighted by Crippen LogP contribution is 2.34. The Kier molecular flexibility index (Phi) is 3.62. The fourth-order valence-electron chi connectivity index (χ4n) is 0.932. The molecule has 0 N–H and O–H groups in total. The summed E-state index contributed by atoms with van der Waals surface area (Å²) in [5.74, 6) is 0.147. The molecule has 0 bridgehead atoms. The molecule has 0 atom stereocenters. The van der Waals surface area contributed by atoms with Crippen LogP contribution in [0.25, 0.3) is 0 Å². The second-order valence-electron chi connectivity index (χ2n) is 2.37. The van der Waals surface area contributed by atoms with E-state index < -0.39 is 12.1 Å².